The number of fused-ring (bicyclic) bond motifs is 1. The molecular weight excluding hydrogens is 224 g/mol. The van der Waals surface area contributed by atoms with E-state index in [1.165, 1.54) is 12.0 Å². The molecule has 0 fully saturated rings. The summed E-state index contributed by atoms with van der Waals surface area (Å²) in [6.07, 6.45) is 3.25. The Hall–Kier alpha value is -0.870. The summed E-state index contributed by atoms with van der Waals surface area (Å²) in [5.74, 6) is 0.899. The molecule has 1 aromatic heterocycles. The van der Waals surface area contributed by atoms with Crippen LogP contribution >= 0.6 is 11.6 Å². The summed E-state index contributed by atoms with van der Waals surface area (Å²) in [6, 6.07) is 0. The number of nitrogens with zero attached hydrogens (tertiary/aromatic N) is 2. The van der Waals surface area contributed by atoms with Crippen molar-refractivity contribution in [3.05, 3.63) is 16.5 Å². The van der Waals surface area contributed by atoms with Gasteiger partial charge in [0.15, 0.2) is 0 Å². The van der Waals surface area contributed by atoms with Crippen LogP contribution in [0.15, 0.2) is 0 Å². The highest BCUT2D eigenvalue weighted by Gasteiger charge is 2.16. The minimum atomic E-state index is 0.347. The number of rotatable bonds is 4. The van der Waals surface area contributed by atoms with Crippen LogP contribution in [0.3, 0.4) is 0 Å². The summed E-state index contributed by atoms with van der Waals surface area (Å²) in [5.41, 5.74) is 2.25. The highest BCUT2D eigenvalue weighted by molar-refractivity contribution is 6.28. The molecule has 88 valence electrons. The van der Waals surface area contributed by atoms with Gasteiger partial charge in [0, 0.05) is 31.6 Å². The van der Waals surface area contributed by atoms with E-state index in [0.29, 0.717) is 5.28 Å². The molecule has 2 N–H and O–H groups in total. The summed E-state index contributed by atoms with van der Waals surface area (Å²) >= 11 is 5.91. The van der Waals surface area contributed by atoms with Crippen LogP contribution in [-0.4, -0.2) is 23.1 Å². The third-order valence-corrected chi connectivity index (χ3v) is 2.90. The van der Waals surface area contributed by atoms with Crippen LogP contribution in [0.4, 0.5) is 5.82 Å². The molecule has 0 saturated carbocycles. The van der Waals surface area contributed by atoms with E-state index >= 15 is 0 Å². The summed E-state index contributed by atoms with van der Waals surface area (Å²) in [6.45, 7) is 4.91. The molecule has 2 rings (SSSR count). The van der Waals surface area contributed by atoms with E-state index in [1.54, 1.807) is 0 Å². The van der Waals surface area contributed by atoms with Gasteiger partial charge in [-0.05, 0) is 18.0 Å². The molecule has 16 heavy (non-hydrogen) atoms. The van der Waals surface area contributed by atoms with Gasteiger partial charge < -0.3 is 10.6 Å². The summed E-state index contributed by atoms with van der Waals surface area (Å²) in [4.78, 5) is 8.54. The second-order valence-corrected chi connectivity index (χ2v) is 4.31. The van der Waals surface area contributed by atoms with Crippen molar-refractivity contribution in [3.63, 3.8) is 0 Å². The lowest BCUT2D eigenvalue weighted by Crippen LogP contribution is -2.26. The van der Waals surface area contributed by atoms with Crippen molar-refractivity contribution in [1.29, 1.82) is 0 Å². The quantitative estimate of drug-likeness (QED) is 0.624. The number of aromatic nitrogens is 2. The molecule has 0 radical (unpaired) electrons. The van der Waals surface area contributed by atoms with Crippen molar-refractivity contribution in [1.82, 2.24) is 15.3 Å². The number of nitrogens with one attached hydrogen (secondary N) is 2. The molecule has 0 saturated heterocycles. The fourth-order valence-electron chi connectivity index (χ4n) is 1.84. The predicted molar refractivity (Wildman–Crippen MR) is 65.9 cm³/mol. The first kappa shape index (κ1) is 11.6. The van der Waals surface area contributed by atoms with E-state index in [2.05, 4.69) is 27.5 Å². The molecule has 0 atom stereocenters. The van der Waals surface area contributed by atoms with Crippen LogP contribution in [0.5, 0.6) is 0 Å². The molecule has 1 aliphatic rings. The maximum absolute atomic E-state index is 5.91. The number of hydrogen-bond acceptors (Lipinski definition) is 4. The van der Waals surface area contributed by atoms with Gasteiger partial charge in [-0.1, -0.05) is 13.3 Å². The van der Waals surface area contributed by atoms with Gasteiger partial charge in [-0.2, -0.15) is 0 Å². The Morgan fingerprint density at radius 1 is 1.44 bits per heavy atom. The number of unbranched alkanes of at least 4 members (excludes halogenated alkanes) is 1. The first-order valence-corrected chi connectivity index (χ1v) is 6.19. The second kappa shape index (κ2) is 5.46. The molecule has 0 unspecified atom stereocenters. The summed E-state index contributed by atoms with van der Waals surface area (Å²) in [5, 5.41) is 7.01. The fraction of sp³-hybridized carbons (Fsp3) is 0.636. The summed E-state index contributed by atoms with van der Waals surface area (Å²) in [7, 11) is 0. The maximum atomic E-state index is 5.91. The topological polar surface area (TPSA) is 49.8 Å². The molecule has 0 aliphatic carbocycles. The lowest BCUT2D eigenvalue weighted by molar-refractivity contribution is 0.626. The van der Waals surface area contributed by atoms with Crippen LogP contribution in [0.25, 0.3) is 0 Å². The SMILES string of the molecule is CCCCNc1nc(Cl)nc2c1CNCC2. The van der Waals surface area contributed by atoms with Crippen LogP contribution in [0, 0.1) is 0 Å². The molecule has 2 heterocycles. The Morgan fingerprint density at radius 3 is 3.12 bits per heavy atom. The summed E-state index contributed by atoms with van der Waals surface area (Å²) < 4.78 is 0. The van der Waals surface area contributed by atoms with Gasteiger partial charge in [0.05, 0.1) is 5.69 Å². The minimum Gasteiger partial charge on any atom is -0.370 e. The van der Waals surface area contributed by atoms with Crippen molar-refractivity contribution < 1.29 is 0 Å². The molecule has 0 spiro atoms. The van der Waals surface area contributed by atoms with Gasteiger partial charge in [0.2, 0.25) is 5.28 Å². The van der Waals surface area contributed by atoms with E-state index in [9.17, 15) is 0 Å². The maximum Gasteiger partial charge on any atom is 0.224 e. The van der Waals surface area contributed by atoms with E-state index in [4.69, 9.17) is 11.6 Å². The molecule has 0 aromatic carbocycles. The molecule has 1 aliphatic heterocycles. The standard InChI is InChI=1S/C11H17ClN4/c1-2-3-5-14-10-8-7-13-6-4-9(8)15-11(12)16-10/h13H,2-7H2,1H3,(H,14,15,16). The highest BCUT2D eigenvalue weighted by atomic mass is 35.5. The predicted octanol–water partition coefficient (Wildman–Crippen LogP) is 1.99. The number of halogens is 1. The zero-order valence-corrected chi connectivity index (χ0v) is 10.3. The average molecular weight is 241 g/mol. The van der Waals surface area contributed by atoms with Gasteiger partial charge >= 0.3 is 0 Å². The second-order valence-electron chi connectivity index (χ2n) is 3.97. The molecule has 5 heteroatoms. The van der Waals surface area contributed by atoms with Crippen LogP contribution in [0.2, 0.25) is 5.28 Å². The van der Waals surface area contributed by atoms with Crippen molar-refractivity contribution in [2.45, 2.75) is 32.7 Å². The zero-order valence-electron chi connectivity index (χ0n) is 9.52. The normalized spacial score (nSPS) is 14.6. The first-order chi connectivity index (χ1) is 7.81. The molecule has 1 aromatic rings. The zero-order chi connectivity index (χ0) is 11.4. The van der Waals surface area contributed by atoms with Crippen molar-refractivity contribution in [2.75, 3.05) is 18.4 Å². The Kier molecular flexibility index (Phi) is 3.96. The minimum absolute atomic E-state index is 0.347. The molecule has 0 bridgehead atoms. The lowest BCUT2D eigenvalue weighted by atomic mass is 10.1. The third-order valence-electron chi connectivity index (χ3n) is 2.73. The van der Waals surface area contributed by atoms with Crippen molar-refractivity contribution in [3.8, 4) is 0 Å². The largest absolute Gasteiger partial charge is 0.370 e. The molecule has 0 amide bonds. The van der Waals surface area contributed by atoms with Crippen LogP contribution in [-0.2, 0) is 13.0 Å². The lowest BCUT2D eigenvalue weighted by Gasteiger charge is -2.19. The highest BCUT2D eigenvalue weighted by Crippen LogP contribution is 2.21. The Bertz CT molecular complexity index is 367. The third kappa shape index (κ3) is 2.62. The van der Waals surface area contributed by atoms with Crippen LogP contribution < -0.4 is 10.6 Å². The molecular formula is C11H17ClN4. The van der Waals surface area contributed by atoms with E-state index < -0.39 is 0 Å². The number of hydrogen-bond donors (Lipinski definition) is 2. The first-order valence-electron chi connectivity index (χ1n) is 5.81. The monoisotopic (exact) mass is 240 g/mol. The van der Waals surface area contributed by atoms with Crippen LogP contribution in [0.1, 0.15) is 31.0 Å². The van der Waals surface area contributed by atoms with Crippen molar-refractivity contribution >= 4 is 17.4 Å². The van der Waals surface area contributed by atoms with Crippen molar-refractivity contribution in [2.24, 2.45) is 0 Å². The van der Waals surface area contributed by atoms with E-state index in [1.807, 2.05) is 0 Å². The molecule has 4 nitrogen and oxygen atoms in total. The fourth-order valence-corrected chi connectivity index (χ4v) is 2.03. The van der Waals surface area contributed by atoms with E-state index in [-0.39, 0.29) is 0 Å². The Labute approximate surface area is 101 Å². The van der Waals surface area contributed by atoms with Gasteiger partial charge in [-0.3, -0.25) is 0 Å². The smallest absolute Gasteiger partial charge is 0.224 e. The van der Waals surface area contributed by atoms with E-state index in [0.717, 1.165) is 44.0 Å². The van der Waals surface area contributed by atoms with Gasteiger partial charge in [-0.25, -0.2) is 9.97 Å². The van der Waals surface area contributed by atoms with Gasteiger partial charge in [0.1, 0.15) is 5.82 Å². The number of anilines is 1. The van der Waals surface area contributed by atoms with Gasteiger partial charge in [0.25, 0.3) is 0 Å². The Balaban J connectivity index is 2.18. The average Bonchev–Trinajstić information content (AvgIpc) is 2.29. The Morgan fingerprint density at radius 2 is 2.31 bits per heavy atom. The van der Waals surface area contributed by atoms with Gasteiger partial charge in [-0.15, -0.1) is 0 Å².